The fourth-order valence-electron chi connectivity index (χ4n) is 4.23. The molecule has 0 radical (unpaired) electrons. The molecule has 1 saturated heterocycles. The summed E-state index contributed by atoms with van der Waals surface area (Å²) in [5.41, 5.74) is 0.114. The van der Waals surface area contributed by atoms with E-state index in [4.69, 9.17) is 0 Å². The van der Waals surface area contributed by atoms with Gasteiger partial charge in [0, 0.05) is 46.2 Å². The number of piperazine rings is 1. The van der Waals surface area contributed by atoms with Crippen molar-refractivity contribution in [3.63, 3.8) is 0 Å². The summed E-state index contributed by atoms with van der Waals surface area (Å²) in [5, 5.41) is 11.8. The summed E-state index contributed by atoms with van der Waals surface area (Å²) in [7, 11) is -2.69. The van der Waals surface area contributed by atoms with Gasteiger partial charge in [-0.1, -0.05) is 18.2 Å². The van der Waals surface area contributed by atoms with E-state index in [1.807, 2.05) is 0 Å². The number of nitro benzene ring substituents is 1. The van der Waals surface area contributed by atoms with Crippen LogP contribution in [0.2, 0.25) is 0 Å². The Kier molecular flexibility index (Phi) is 6.59. The predicted octanol–water partition coefficient (Wildman–Crippen LogP) is 1.86. The van der Waals surface area contributed by atoms with Crippen LogP contribution < -0.4 is 15.2 Å². The number of hydrogen-bond donors (Lipinski definition) is 1. The van der Waals surface area contributed by atoms with Crippen molar-refractivity contribution >= 4 is 33.0 Å². The first-order chi connectivity index (χ1) is 17.0. The van der Waals surface area contributed by atoms with Crippen LogP contribution in [0.3, 0.4) is 0 Å². The molecule has 1 N–H and O–H groups in total. The minimum atomic E-state index is -4.32. The zero-order valence-corrected chi connectivity index (χ0v) is 20.9. The standard InChI is InChI=1S/C23H26N6O6S/c1-16-22(23(31)28(25(16)3)18-7-5-4-6-8-18)24-36(34,35)19-9-10-20(21(15-19)29(32)33)27-13-11-26(12-14-27)17(2)30/h4-10,15,24H,11-14H2,1-3H3. The first-order valence-corrected chi connectivity index (χ1v) is 12.7. The maximum Gasteiger partial charge on any atom is 0.296 e. The predicted molar refractivity (Wildman–Crippen MR) is 134 cm³/mol. The van der Waals surface area contributed by atoms with Gasteiger partial charge in [0.2, 0.25) is 5.91 Å². The van der Waals surface area contributed by atoms with Crippen LogP contribution in [0.25, 0.3) is 5.69 Å². The molecule has 3 aromatic rings. The number of anilines is 2. The molecule has 36 heavy (non-hydrogen) atoms. The number of para-hydroxylation sites is 1. The number of nitrogens with zero attached hydrogens (tertiary/aromatic N) is 5. The van der Waals surface area contributed by atoms with Gasteiger partial charge >= 0.3 is 0 Å². The number of amides is 1. The van der Waals surface area contributed by atoms with Crippen molar-refractivity contribution in [1.29, 1.82) is 0 Å². The number of carbonyl (C=O) groups is 1. The van der Waals surface area contributed by atoms with Gasteiger partial charge < -0.3 is 9.80 Å². The van der Waals surface area contributed by atoms with Crippen molar-refractivity contribution in [3.8, 4) is 5.69 Å². The highest BCUT2D eigenvalue weighted by Gasteiger charge is 2.28. The second-order valence-corrected chi connectivity index (χ2v) is 10.1. The van der Waals surface area contributed by atoms with Crippen molar-refractivity contribution in [2.45, 2.75) is 18.7 Å². The van der Waals surface area contributed by atoms with Crippen molar-refractivity contribution in [1.82, 2.24) is 14.3 Å². The van der Waals surface area contributed by atoms with E-state index in [-0.39, 0.29) is 27.9 Å². The number of nitrogens with one attached hydrogen (secondary N) is 1. The van der Waals surface area contributed by atoms with Gasteiger partial charge in [-0.3, -0.25) is 29.1 Å². The normalized spacial score (nSPS) is 14.1. The van der Waals surface area contributed by atoms with E-state index in [2.05, 4.69) is 4.72 Å². The van der Waals surface area contributed by atoms with Crippen molar-refractivity contribution in [2.24, 2.45) is 7.05 Å². The molecule has 1 aliphatic heterocycles. The second-order valence-electron chi connectivity index (χ2n) is 8.44. The van der Waals surface area contributed by atoms with Gasteiger partial charge in [0.05, 0.1) is 21.2 Å². The van der Waals surface area contributed by atoms with Gasteiger partial charge in [0.25, 0.3) is 21.3 Å². The smallest absolute Gasteiger partial charge is 0.296 e. The van der Waals surface area contributed by atoms with Crippen molar-refractivity contribution < 1.29 is 18.1 Å². The third kappa shape index (κ3) is 4.56. The lowest BCUT2D eigenvalue weighted by molar-refractivity contribution is -0.384. The lowest BCUT2D eigenvalue weighted by Gasteiger charge is -2.35. The summed E-state index contributed by atoms with van der Waals surface area (Å²) in [6.45, 7) is 4.66. The van der Waals surface area contributed by atoms with Crippen LogP contribution in [0.4, 0.5) is 17.1 Å². The fourth-order valence-corrected chi connectivity index (χ4v) is 5.36. The van der Waals surface area contributed by atoms with Crippen LogP contribution in [0.1, 0.15) is 12.6 Å². The molecule has 2 heterocycles. The van der Waals surface area contributed by atoms with Gasteiger partial charge in [-0.2, -0.15) is 0 Å². The number of nitro groups is 1. The molecule has 0 atom stereocenters. The molecule has 4 rings (SSSR count). The summed E-state index contributed by atoms with van der Waals surface area (Å²) >= 11 is 0. The zero-order valence-electron chi connectivity index (χ0n) is 20.0. The Balaban J connectivity index is 1.67. The van der Waals surface area contributed by atoms with E-state index < -0.39 is 20.5 Å². The number of aromatic nitrogens is 2. The summed E-state index contributed by atoms with van der Waals surface area (Å²) < 4.78 is 31.6. The maximum absolute atomic E-state index is 13.2. The molecule has 0 bridgehead atoms. The molecular formula is C23H26N6O6S. The number of rotatable bonds is 6. The highest BCUT2D eigenvalue weighted by Crippen LogP contribution is 2.32. The molecular weight excluding hydrogens is 488 g/mol. The highest BCUT2D eigenvalue weighted by atomic mass is 32.2. The molecule has 13 heteroatoms. The van der Waals surface area contributed by atoms with Gasteiger partial charge in [0.1, 0.15) is 11.4 Å². The summed E-state index contributed by atoms with van der Waals surface area (Å²) in [6, 6.07) is 12.4. The van der Waals surface area contributed by atoms with E-state index >= 15 is 0 Å². The third-order valence-electron chi connectivity index (χ3n) is 6.31. The first kappa shape index (κ1) is 25.0. The van der Waals surface area contributed by atoms with Crippen LogP contribution in [-0.2, 0) is 21.9 Å². The Labute approximate surface area is 207 Å². The molecule has 12 nitrogen and oxygen atoms in total. The molecule has 1 aromatic heterocycles. The third-order valence-corrected chi connectivity index (χ3v) is 7.66. The van der Waals surface area contributed by atoms with Gasteiger partial charge in [-0.15, -0.1) is 0 Å². The van der Waals surface area contributed by atoms with Crippen molar-refractivity contribution in [2.75, 3.05) is 35.8 Å². The number of hydrogen-bond acceptors (Lipinski definition) is 7. The van der Waals surface area contributed by atoms with E-state index in [0.717, 1.165) is 6.07 Å². The maximum atomic E-state index is 13.2. The Morgan fingerprint density at radius 3 is 2.28 bits per heavy atom. The minimum absolute atomic E-state index is 0.0702. The Morgan fingerprint density at radius 2 is 1.69 bits per heavy atom. The molecule has 0 saturated carbocycles. The number of carbonyl (C=O) groups excluding carboxylic acids is 1. The number of benzene rings is 2. The molecule has 1 amide bonds. The Morgan fingerprint density at radius 1 is 1.06 bits per heavy atom. The zero-order chi connectivity index (χ0) is 26.2. The molecule has 2 aromatic carbocycles. The van der Waals surface area contributed by atoms with Crippen LogP contribution >= 0.6 is 0 Å². The lowest BCUT2D eigenvalue weighted by Crippen LogP contribution is -2.48. The van der Waals surface area contributed by atoms with Gasteiger partial charge in [0.15, 0.2) is 0 Å². The van der Waals surface area contributed by atoms with E-state index in [1.165, 1.54) is 28.4 Å². The van der Waals surface area contributed by atoms with Gasteiger partial charge in [-0.25, -0.2) is 13.1 Å². The molecule has 1 fully saturated rings. The Hall–Kier alpha value is -4.13. The average Bonchev–Trinajstić information content (AvgIpc) is 3.06. The van der Waals surface area contributed by atoms with Crippen LogP contribution in [0.5, 0.6) is 0 Å². The van der Waals surface area contributed by atoms with Crippen molar-refractivity contribution in [3.05, 3.63) is 74.7 Å². The summed E-state index contributed by atoms with van der Waals surface area (Å²) in [6.07, 6.45) is 0. The monoisotopic (exact) mass is 514 g/mol. The Bertz CT molecular complexity index is 1490. The molecule has 1 aliphatic rings. The average molecular weight is 515 g/mol. The van der Waals surface area contributed by atoms with Crippen LogP contribution in [0.15, 0.2) is 58.2 Å². The fraction of sp³-hybridized carbons (Fsp3) is 0.304. The van der Waals surface area contributed by atoms with E-state index in [0.29, 0.717) is 37.6 Å². The first-order valence-electron chi connectivity index (χ1n) is 11.2. The molecule has 0 unspecified atom stereocenters. The SMILES string of the molecule is CC(=O)N1CCN(c2ccc(S(=O)(=O)Nc3c(C)n(C)n(-c4ccccc4)c3=O)cc2[N+](=O)[O-])CC1. The topological polar surface area (TPSA) is 140 Å². The quantitative estimate of drug-likeness (QED) is 0.391. The van der Waals surface area contributed by atoms with E-state index in [1.54, 1.807) is 54.1 Å². The lowest BCUT2D eigenvalue weighted by atomic mass is 10.2. The molecule has 0 spiro atoms. The summed E-state index contributed by atoms with van der Waals surface area (Å²) in [5.74, 6) is -0.0702. The minimum Gasteiger partial charge on any atom is -0.362 e. The van der Waals surface area contributed by atoms with E-state index in [9.17, 15) is 28.1 Å². The molecule has 190 valence electrons. The largest absolute Gasteiger partial charge is 0.362 e. The number of sulfonamides is 1. The second kappa shape index (κ2) is 9.49. The molecule has 0 aliphatic carbocycles. The summed E-state index contributed by atoms with van der Waals surface area (Å²) in [4.78, 5) is 38.9. The van der Waals surface area contributed by atoms with Crippen LogP contribution in [0, 0.1) is 17.0 Å². The van der Waals surface area contributed by atoms with Gasteiger partial charge in [-0.05, 0) is 31.2 Å². The highest BCUT2D eigenvalue weighted by molar-refractivity contribution is 7.92. The van der Waals surface area contributed by atoms with Crippen LogP contribution in [-0.4, -0.2) is 59.7 Å².